The fourth-order valence-corrected chi connectivity index (χ4v) is 4.30. The van der Waals surface area contributed by atoms with Crippen LogP contribution in [0.1, 0.15) is 41.6 Å². The second kappa shape index (κ2) is 10.5. The zero-order chi connectivity index (χ0) is 24.1. The molecule has 0 aliphatic carbocycles. The second-order valence-electron chi connectivity index (χ2n) is 8.00. The van der Waals surface area contributed by atoms with Gasteiger partial charge in [-0.25, -0.2) is 0 Å². The number of aliphatic hydroxyl groups excluding tert-OH is 1. The molecule has 1 heterocycles. The van der Waals surface area contributed by atoms with Crippen molar-refractivity contribution in [1.82, 2.24) is 4.90 Å². The largest absolute Gasteiger partial charge is 0.507 e. The summed E-state index contributed by atoms with van der Waals surface area (Å²) in [6.07, 6.45) is 0.559. The van der Waals surface area contributed by atoms with Crippen LogP contribution in [0.15, 0.2) is 42.0 Å². The van der Waals surface area contributed by atoms with Crippen LogP contribution in [0, 0.1) is 13.8 Å². The number of methoxy groups -OCH3 is 2. The third-order valence-corrected chi connectivity index (χ3v) is 5.67. The average molecular weight is 454 g/mol. The van der Waals surface area contributed by atoms with Crippen molar-refractivity contribution in [2.75, 3.05) is 34.0 Å². The molecule has 0 radical (unpaired) electrons. The van der Waals surface area contributed by atoms with Gasteiger partial charge in [0.25, 0.3) is 11.7 Å². The van der Waals surface area contributed by atoms with Gasteiger partial charge in [0.05, 0.1) is 30.9 Å². The van der Waals surface area contributed by atoms with Crippen LogP contribution in [0.4, 0.5) is 0 Å². The molecule has 0 bridgehead atoms. The van der Waals surface area contributed by atoms with E-state index in [4.69, 9.17) is 14.2 Å². The number of carbonyl (C=O) groups is 2. The Balaban J connectivity index is 2.18. The maximum atomic E-state index is 13.2. The molecule has 1 aliphatic heterocycles. The molecule has 2 aromatic rings. The van der Waals surface area contributed by atoms with E-state index in [0.29, 0.717) is 48.8 Å². The van der Waals surface area contributed by atoms with Gasteiger partial charge in [-0.1, -0.05) is 18.2 Å². The van der Waals surface area contributed by atoms with Crippen LogP contribution >= 0.6 is 0 Å². The third-order valence-electron chi connectivity index (χ3n) is 5.67. The number of carbonyl (C=O) groups excluding carboxylic acids is 2. The maximum Gasteiger partial charge on any atom is 0.295 e. The van der Waals surface area contributed by atoms with Crippen molar-refractivity contribution < 1.29 is 28.9 Å². The molecule has 176 valence electrons. The highest BCUT2D eigenvalue weighted by molar-refractivity contribution is 6.46. The number of ether oxygens (including phenoxy) is 3. The first-order valence-corrected chi connectivity index (χ1v) is 11.0. The molecule has 1 atom stereocenters. The van der Waals surface area contributed by atoms with Gasteiger partial charge in [-0.3, -0.25) is 9.59 Å². The van der Waals surface area contributed by atoms with E-state index in [2.05, 4.69) is 0 Å². The second-order valence-corrected chi connectivity index (χ2v) is 8.00. The first-order chi connectivity index (χ1) is 15.8. The van der Waals surface area contributed by atoms with Crippen molar-refractivity contribution in [2.45, 2.75) is 33.2 Å². The van der Waals surface area contributed by atoms with Crippen LogP contribution in [-0.2, 0) is 14.3 Å². The Bertz CT molecular complexity index is 1060. The van der Waals surface area contributed by atoms with Gasteiger partial charge < -0.3 is 24.2 Å². The van der Waals surface area contributed by atoms with Gasteiger partial charge in [-0.15, -0.1) is 0 Å². The summed E-state index contributed by atoms with van der Waals surface area (Å²) in [5.74, 6) is -0.451. The fourth-order valence-electron chi connectivity index (χ4n) is 4.30. The van der Waals surface area contributed by atoms with Crippen molar-refractivity contribution in [3.8, 4) is 11.5 Å². The number of likely N-dealkylation sites (tertiary alicyclic amines) is 1. The summed E-state index contributed by atoms with van der Waals surface area (Å²) < 4.78 is 16.2. The van der Waals surface area contributed by atoms with E-state index in [0.717, 1.165) is 11.1 Å². The highest BCUT2D eigenvalue weighted by Crippen LogP contribution is 2.42. The third kappa shape index (κ3) is 4.88. The van der Waals surface area contributed by atoms with Crippen molar-refractivity contribution in [2.24, 2.45) is 0 Å². The lowest BCUT2D eigenvalue weighted by atomic mass is 9.93. The number of hydrogen-bond donors (Lipinski definition) is 1. The predicted molar refractivity (Wildman–Crippen MR) is 126 cm³/mol. The first-order valence-electron chi connectivity index (χ1n) is 11.0. The summed E-state index contributed by atoms with van der Waals surface area (Å²) in [6, 6.07) is 10.2. The molecule has 1 unspecified atom stereocenters. The lowest BCUT2D eigenvalue weighted by Crippen LogP contribution is -2.31. The Morgan fingerprint density at radius 1 is 1.09 bits per heavy atom. The standard InChI is InChI=1S/C26H31NO6/c1-6-33-19-10-8-18(9-11-19)22-21(24(29)26(30)27(22)12-7-13-31-4)23(28)20-15-16(2)14-17(3)25(20)32-5/h8-11,14-15,22,28H,6-7,12-13H2,1-5H3/b23-21+. The topological polar surface area (TPSA) is 85.3 Å². The molecule has 0 aromatic heterocycles. The maximum absolute atomic E-state index is 13.2. The molecule has 1 fully saturated rings. The molecule has 0 saturated carbocycles. The van der Waals surface area contributed by atoms with Gasteiger partial charge in [0.15, 0.2) is 0 Å². The highest BCUT2D eigenvalue weighted by Gasteiger charge is 2.46. The molecule has 7 heteroatoms. The van der Waals surface area contributed by atoms with Gasteiger partial charge in [-0.2, -0.15) is 0 Å². The molecule has 1 N–H and O–H groups in total. The van der Waals surface area contributed by atoms with Crippen LogP contribution in [0.3, 0.4) is 0 Å². The quantitative estimate of drug-likeness (QED) is 0.266. The summed E-state index contributed by atoms with van der Waals surface area (Å²) in [6.45, 7) is 6.96. The van der Waals surface area contributed by atoms with Crippen molar-refractivity contribution in [3.63, 3.8) is 0 Å². The Labute approximate surface area is 194 Å². The van der Waals surface area contributed by atoms with Gasteiger partial charge in [0.1, 0.15) is 17.3 Å². The Morgan fingerprint density at radius 3 is 2.39 bits per heavy atom. The Kier molecular flexibility index (Phi) is 7.76. The van der Waals surface area contributed by atoms with Crippen LogP contribution in [0.2, 0.25) is 0 Å². The van der Waals surface area contributed by atoms with E-state index >= 15 is 0 Å². The number of benzene rings is 2. The molecule has 1 aliphatic rings. The van der Waals surface area contributed by atoms with Crippen LogP contribution < -0.4 is 9.47 Å². The zero-order valence-electron chi connectivity index (χ0n) is 19.8. The number of hydrogen-bond acceptors (Lipinski definition) is 6. The van der Waals surface area contributed by atoms with E-state index < -0.39 is 17.7 Å². The van der Waals surface area contributed by atoms with Gasteiger partial charge >= 0.3 is 0 Å². The number of ketones is 1. The number of rotatable bonds is 9. The molecule has 1 amide bonds. The molecule has 2 aromatic carbocycles. The molecule has 0 spiro atoms. The Hall–Kier alpha value is -3.32. The summed E-state index contributed by atoms with van der Waals surface area (Å²) in [7, 11) is 3.10. The summed E-state index contributed by atoms with van der Waals surface area (Å²) in [5, 5.41) is 11.4. The van der Waals surface area contributed by atoms with E-state index in [1.807, 2.05) is 39.0 Å². The van der Waals surface area contributed by atoms with E-state index in [-0.39, 0.29) is 11.3 Å². The van der Waals surface area contributed by atoms with E-state index in [9.17, 15) is 14.7 Å². The number of amides is 1. The minimum atomic E-state index is -0.733. The van der Waals surface area contributed by atoms with Crippen LogP contribution in [0.25, 0.3) is 5.76 Å². The monoisotopic (exact) mass is 453 g/mol. The number of aryl methyl sites for hydroxylation is 2. The molecule has 33 heavy (non-hydrogen) atoms. The molecule has 3 rings (SSSR count). The SMILES string of the molecule is CCOc1ccc(C2/C(=C(\O)c3cc(C)cc(C)c3OC)C(=O)C(=O)N2CCCOC)cc1. The average Bonchev–Trinajstić information content (AvgIpc) is 3.04. The first kappa shape index (κ1) is 24.3. The highest BCUT2D eigenvalue weighted by atomic mass is 16.5. The number of nitrogens with zero attached hydrogens (tertiary/aromatic N) is 1. The molecule has 7 nitrogen and oxygen atoms in total. The van der Waals surface area contributed by atoms with E-state index in [1.165, 1.54) is 12.0 Å². The summed E-state index contributed by atoms with van der Waals surface area (Å²) >= 11 is 0. The van der Waals surface area contributed by atoms with Gasteiger partial charge in [0, 0.05) is 20.3 Å². The molecular weight excluding hydrogens is 422 g/mol. The van der Waals surface area contributed by atoms with Gasteiger partial charge in [0.2, 0.25) is 0 Å². The predicted octanol–water partition coefficient (Wildman–Crippen LogP) is 4.17. The molecule has 1 saturated heterocycles. The van der Waals surface area contributed by atoms with Crippen LogP contribution in [-0.4, -0.2) is 55.7 Å². The fraction of sp³-hybridized carbons (Fsp3) is 0.385. The number of Topliss-reactive ketones (excluding diaryl/α,β-unsaturated/α-hetero) is 1. The smallest absolute Gasteiger partial charge is 0.295 e. The van der Waals surface area contributed by atoms with Crippen molar-refractivity contribution in [1.29, 1.82) is 0 Å². The lowest BCUT2D eigenvalue weighted by molar-refractivity contribution is -0.140. The number of aliphatic hydroxyl groups is 1. The molecular formula is C26H31NO6. The lowest BCUT2D eigenvalue weighted by Gasteiger charge is -2.25. The minimum Gasteiger partial charge on any atom is -0.507 e. The van der Waals surface area contributed by atoms with Crippen molar-refractivity contribution >= 4 is 17.4 Å². The minimum absolute atomic E-state index is 0.0462. The zero-order valence-corrected chi connectivity index (χ0v) is 19.8. The normalized spacial score (nSPS) is 17.5. The van der Waals surface area contributed by atoms with Gasteiger partial charge in [-0.05, 0) is 62.1 Å². The summed E-state index contributed by atoms with van der Waals surface area (Å²) in [4.78, 5) is 27.7. The Morgan fingerprint density at radius 2 is 1.79 bits per heavy atom. The van der Waals surface area contributed by atoms with Crippen molar-refractivity contribution in [3.05, 3.63) is 64.2 Å². The van der Waals surface area contributed by atoms with Crippen LogP contribution in [0.5, 0.6) is 11.5 Å². The van der Waals surface area contributed by atoms with E-state index in [1.54, 1.807) is 25.3 Å². The summed E-state index contributed by atoms with van der Waals surface area (Å²) in [5.41, 5.74) is 2.87.